The quantitative estimate of drug-likeness (QED) is 0.878. The Morgan fingerprint density at radius 3 is 2.73 bits per heavy atom. The number of methoxy groups -OCH3 is 1. The SMILES string of the molecule is CO[C@@H](C(=O)NC[C@@H]1CCCN(C(C)C)C1)c1ccccc1. The third kappa shape index (κ3) is 4.55. The molecule has 1 saturated heterocycles. The van der Waals surface area contributed by atoms with Crippen LogP contribution >= 0.6 is 0 Å². The van der Waals surface area contributed by atoms with Crippen LogP contribution in [0, 0.1) is 5.92 Å². The summed E-state index contributed by atoms with van der Waals surface area (Å²) in [5.74, 6) is 0.490. The van der Waals surface area contributed by atoms with Gasteiger partial charge in [-0.05, 0) is 44.7 Å². The average molecular weight is 304 g/mol. The van der Waals surface area contributed by atoms with E-state index in [1.54, 1.807) is 7.11 Å². The third-order valence-corrected chi connectivity index (χ3v) is 4.42. The van der Waals surface area contributed by atoms with Gasteiger partial charge in [0.1, 0.15) is 0 Å². The van der Waals surface area contributed by atoms with E-state index in [4.69, 9.17) is 4.74 Å². The summed E-state index contributed by atoms with van der Waals surface area (Å²) in [5, 5.41) is 3.07. The Balaban J connectivity index is 1.86. The first-order chi connectivity index (χ1) is 10.6. The minimum absolute atomic E-state index is 0.0460. The van der Waals surface area contributed by atoms with Gasteiger partial charge in [-0.3, -0.25) is 4.79 Å². The van der Waals surface area contributed by atoms with Gasteiger partial charge in [0.2, 0.25) is 0 Å². The number of hydrogen-bond donors (Lipinski definition) is 1. The summed E-state index contributed by atoms with van der Waals surface area (Å²) in [6.07, 6.45) is 1.88. The molecule has 0 saturated carbocycles. The highest BCUT2D eigenvalue weighted by atomic mass is 16.5. The average Bonchev–Trinajstić information content (AvgIpc) is 2.55. The molecule has 0 radical (unpaired) electrons. The number of hydrogen-bond acceptors (Lipinski definition) is 3. The van der Waals surface area contributed by atoms with Crippen LogP contribution in [0.25, 0.3) is 0 Å². The molecule has 1 aliphatic rings. The van der Waals surface area contributed by atoms with E-state index < -0.39 is 6.10 Å². The van der Waals surface area contributed by atoms with Crippen molar-refractivity contribution in [3.05, 3.63) is 35.9 Å². The number of ether oxygens (including phenoxy) is 1. The molecule has 0 aromatic heterocycles. The third-order valence-electron chi connectivity index (χ3n) is 4.42. The number of rotatable bonds is 6. The molecule has 1 amide bonds. The van der Waals surface area contributed by atoms with Crippen LogP contribution in [0.15, 0.2) is 30.3 Å². The summed E-state index contributed by atoms with van der Waals surface area (Å²) in [5.41, 5.74) is 0.898. The van der Waals surface area contributed by atoms with Crippen LogP contribution in [0.5, 0.6) is 0 Å². The van der Waals surface area contributed by atoms with Gasteiger partial charge in [0.25, 0.3) is 5.91 Å². The summed E-state index contributed by atoms with van der Waals surface area (Å²) in [7, 11) is 1.58. The van der Waals surface area contributed by atoms with Crippen molar-refractivity contribution in [2.45, 2.75) is 38.8 Å². The monoisotopic (exact) mass is 304 g/mol. The van der Waals surface area contributed by atoms with Crippen LogP contribution in [0.2, 0.25) is 0 Å². The number of benzene rings is 1. The van der Waals surface area contributed by atoms with Crippen LogP contribution in [0.3, 0.4) is 0 Å². The van der Waals surface area contributed by atoms with Gasteiger partial charge in [-0.15, -0.1) is 0 Å². The number of carbonyl (C=O) groups excluding carboxylic acids is 1. The fourth-order valence-electron chi connectivity index (χ4n) is 3.09. The largest absolute Gasteiger partial charge is 0.367 e. The van der Waals surface area contributed by atoms with Gasteiger partial charge in [0.05, 0.1) is 0 Å². The predicted molar refractivity (Wildman–Crippen MR) is 88.6 cm³/mol. The molecular weight excluding hydrogens is 276 g/mol. The fourth-order valence-corrected chi connectivity index (χ4v) is 3.09. The van der Waals surface area contributed by atoms with Crippen molar-refractivity contribution >= 4 is 5.91 Å². The molecule has 1 aliphatic heterocycles. The minimum Gasteiger partial charge on any atom is -0.367 e. The van der Waals surface area contributed by atoms with Gasteiger partial charge < -0.3 is 15.0 Å². The molecule has 1 aromatic carbocycles. The summed E-state index contributed by atoms with van der Waals surface area (Å²) >= 11 is 0. The number of nitrogens with one attached hydrogen (secondary N) is 1. The highest BCUT2D eigenvalue weighted by Crippen LogP contribution is 2.19. The first kappa shape index (κ1) is 17.0. The highest BCUT2D eigenvalue weighted by Gasteiger charge is 2.24. The van der Waals surface area contributed by atoms with E-state index in [1.165, 1.54) is 19.4 Å². The van der Waals surface area contributed by atoms with Crippen molar-refractivity contribution < 1.29 is 9.53 Å². The highest BCUT2D eigenvalue weighted by molar-refractivity contribution is 5.82. The Morgan fingerprint density at radius 2 is 2.09 bits per heavy atom. The first-order valence-electron chi connectivity index (χ1n) is 8.21. The standard InChI is InChI=1S/C18H28N2O2/c1-14(2)20-11-7-8-15(13-20)12-19-18(21)17(22-3)16-9-5-4-6-10-16/h4-6,9-10,14-15,17H,7-8,11-13H2,1-3H3,(H,19,21)/t15-,17+/m0/s1. The molecule has 2 rings (SSSR count). The second-order valence-corrected chi connectivity index (χ2v) is 6.37. The molecule has 4 nitrogen and oxygen atoms in total. The lowest BCUT2D eigenvalue weighted by Gasteiger charge is -2.35. The van der Waals surface area contributed by atoms with E-state index in [0.29, 0.717) is 12.0 Å². The number of piperidine rings is 1. The molecular formula is C18H28N2O2. The van der Waals surface area contributed by atoms with Gasteiger partial charge in [-0.25, -0.2) is 0 Å². The molecule has 0 aliphatic carbocycles. The van der Waals surface area contributed by atoms with Crippen LogP contribution in [-0.4, -0.2) is 43.6 Å². The Kier molecular flexibility index (Phi) is 6.40. The van der Waals surface area contributed by atoms with Gasteiger partial charge in [0.15, 0.2) is 6.10 Å². The van der Waals surface area contributed by atoms with E-state index >= 15 is 0 Å². The molecule has 0 bridgehead atoms. The van der Waals surface area contributed by atoms with Crippen LogP contribution in [0.4, 0.5) is 0 Å². The first-order valence-corrected chi connectivity index (χ1v) is 8.21. The van der Waals surface area contributed by atoms with Crippen molar-refractivity contribution in [2.24, 2.45) is 5.92 Å². The Morgan fingerprint density at radius 1 is 1.36 bits per heavy atom. The Hall–Kier alpha value is -1.39. The second kappa shape index (κ2) is 8.30. The van der Waals surface area contributed by atoms with E-state index in [9.17, 15) is 4.79 Å². The molecule has 1 aromatic rings. The summed E-state index contributed by atoms with van der Waals surface area (Å²) in [4.78, 5) is 14.9. The van der Waals surface area contributed by atoms with E-state index in [-0.39, 0.29) is 5.91 Å². The fraction of sp³-hybridized carbons (Fsp3) is 0.611. The maximum Gasteiger partial charge on any atom is 0.253 e. The van der Waals surface area contributed by atoms with Crippen molar-refractivity contribution in [1.82, 2.24) is 10.2 Å². The second-order valence-electron chi connectivity index (χ2n) is 6.37. The smallest absolute Gasteiger partial charge is 0.253 e. The Bertz CT molecular complexity index is 461. The van der Waals surface area contributed by atoms with Crippen molar-refractivity contribution in [3.8, 4) is 0 Å². The van der Waals surface area contributed by atoms with Gasteiger partial charge >= 0.3 is 0 Å². The van der Waals surface area contributed by atoms with Crippen molar-refractivity contribution in [2.75, 3.05) is 26.7 Å². The van der Waals surface area contributed by atoms with Crippen molar-refractivity contribution in [1.29, 1.82) is 0 Å². The summed E-state index contributed by atoms with van der Waals surface area (Å²) in [6.45, 7) is 7.44. The minimum atomic E-state index is -0.522. The maximum absolute atomic E-state index is 12.4. The predicted octanol–water partition coefficient (Wildman–Crippen LogP) is 2.61. The molecule has 1 heterocycles. The van der Waals surface area contributed by atoms with E-state index in [2.05, 4.69) is 24.1 Å². The summed E-state index contributed by atoms with van der Waals surface area (Å²) in [6, 6.07) is 10.2. The number of amides is 1. The number of carbonyl (C=O) groups is 1. The van der Waals surface area contributed by atoms with Crippen molar-refractivity contribution in [3.63, 3.8) is 0 Å². The van der Waals surface area contributed by atoms with Crippen LogP contribution in [-0.2, 0) is 9.53 Å². The Labute approximate surface area is 133 Å². The van der Waals surface area contributed by atoms with Gasteiger partial charge in [-0.2, -0.15) is 0 Å². The molecule has 4 heteroatoms. The number of likely N-dealkylation sites (tertiary alicyclic amines) is 1. The molecule has 22 heavy (non-hydrogen) atoms. The molecule has 0 unspecified atom stereocenters. The lowest BCUT2D eigenvalue weighted by molar-refractivity contribution is -0.131. The molecule has 2 atom stereocenters. The molecule has 0 spiro atoms. The van der Waals surface area contributed by atoms with Gasteiger partial charge in [0, 0.05) is 26.2 Å². The molecule has 1 N–H and O–H groups in total. The normalized spacial score (nSPS) is 20.8. The van der Waals surface area contributed by atoms with Crippen LogP contribution in [0.1, 0.15) is 38.4 Å². The topological polar surface area (TPSA) is 41.6 Å². The summed E-state index contributed by atoms with van der Waals surface area (Å²) < 4.78 is 5.37. The number of nitrogens with zero attached hydrogens (tertiary/aromatic N) is 1. The lowest BCUT2D eigenvalue weighted by Crippen LogP contribution is -2.44. The van der Waals surface area contributed by atoms with E-state index in [1.807, 2.05) is 30.3 Å². The molecule has 122 valence electrons. The molecule has 1 fully saturated rings. The zero-order valence-corrected chi connectivity index (χ0v) is 13.9. The van der Waals surface area contributed by atoms with E-state index in [0.717, 1.165) is 18.7 Å². The zero-order chi connectivity index (χ0) is 15.9. The maximum atomic E-state index is 12.4. The van der Waals surface area contributed by atoms with Gasteiger partial charge in [-0.1, -0.05) is 30.3 Å². The zero-order valence-electron chi connectivity index (χ0n) is 13.9. The van der Waals surface area contributed by atoms with Crippen LogP contribution < -0.4 is 5.32 Å². The lowest BCUT2D eigenvalue weighted by atomic mass is 9.97.